The molecule has 0 unspecified atom stereocenters. The maximum Gasteiger partial charge on any atom is 0.266 e. The molecule has 134 valence electrons. The molecule has 2 amide bonds. The number of anilines is 1. The number of amides is 2. The van der Waals surface area contributed by atoms with Crippen LogP contribution in [-0.2, 0) is 9.59 Å². The van der Waals surface area contributed by atoms with E-state index in [9.17, 15) is 9.59 Å². The van der Waals surface area contributed by atoms with Gasteiger partial charge in [0.2, 0.25) is 5.91 Å². The van der Waals surface area contributed by atoms with Crippen LogP contribution in [0.3, 0.4) is 0 Å². The van der Waals surface area contributed by atoms with Gasteiger partial charge in [0.1, 0.15) is 10.1 Å². The third-order valence-corrected chi connectivity index (χ3v) is 5.59. The summed E-state index contributed by atoms with van der Waals surface area (Å²) in [4.78, 5) is 30.5. The molecule has 3 rings (SSSR count). The van der Waals surface area contributed by atoms with E-state index >= 15 is 0 Å². The van der Waals surface area contributed by atoms with Gasteiger partial charge < -0.3 is 10.1 Å². The van der Waals surface area contributed by atoms with E-state index in [0.29, 0.717) is 14.4 Å². The van der Waals surface area contributed by atoms with Gasteiger partial charge in [0.05, 0.1) is 12.0 Å². The molecule has 1 aliphatic rings. The Labute approximate surface area is 164 Å². The molecule has 6 nitrogen and oxygen atoms in total. The fourth-order valence-electron chi connectivity index (χ4n) is 2.22. The summed E-state index contributed by atoms with van der Waals surface area (Å²) in [5.74, 6) is 0.368. The van der Waals surface area contributed by atoms with Gasteiger partial charge in [0, 0.05) is 24.5 Å². The number of ether oxygens (including phenoxy) is 1. The molecule has 26 heavy (non-hydrogen) atoms. The molecule has 0 spiro atoms. The van der Waals surface area contributed by atoms with Crippen molar-refractivity contribution in [1.29, 1.82) is 0 Å². The van der Waals surface area contributed by atoms with Crippen LogP contribution in [0.1, 0.15) is 12.0 Å². The Bertz CT molecular complexity index is 848. The Morgan fingerprint density at radius 2 is 2.15 bits per heavy atom. The van der Waals surface area contributed by atoms with E-state index in [4.69, 9.17) is 17.0 Å². The highest BCUT2D eigenvalue weighted by Gasteiger charge is 2.32. The minimum atomic E-state index is -0.201. The monoisotopic (exact) mass is 405 g/mol. The van der Waals surface area contributed by atoms with Gasteiger partial charge in [-0.05, 0) is 23.8 Å². The van der Waals surface area contributed by atoms with Crippen LogP contribution in [0.25, 0.3) is 6.08 Å². The van der Waals surface area contributed by atoms with Crippen molar-refractivity contribution in [3.8, 4) is 5.75 Å². The molecule has 0 radical (unpaired) electrons. The molecule has 0 atom stereocenters. The highest BCUT2D eigenvalue weighted by molar-refractivity contribution is 8.26. The smallest absolute Gasteiger partial charge is 0.266 e. The van der Waals surface area contributed by atoms with E-state index in [1.807, 2.05) is 24.3 Å². The first-order valence-electron chi connectivity index (χ1n) is 7.65. The van der Waals surface area contributed by atoms with E-state index < -0.39 is 0 Å². The predicted octanol–water partition coefficient (Wildman–Crippen LogP) is 3.38. The van der Waals surface area contributed by atoms with Gasteiger partial charge in [0.25, 0.3) is 5.91 Å². The lowest BCUT2D eigenvalue weighted by Gasteiger charge is -2.13. The van der Waals surface area contributed by atoms with Crippen LogP contribution in [-0.4, -0.2) is 39.7 Å². The van der Waals surface area contributed by atoms with Crippen LogP contribution in [0.4, 0.5) is 5.13 Å². The summed E-state index contributed by atoms with van der Waals surface area (Å²) in [5.41, 5.74) is 0.882. The summed E-state index contributed by atoms with van der Waals surface area (Å²) in [6.45, 7) is 0.238. The van der Waals surface area contributed by atoms with E-state index in [2.05, 4.69) is 10.3 Å². The van der Waals surface area contributed by atoms with Gasteiger partial charge in [-0.1, -0.05) is 36.1 Å². The zero-order chi connectivity index (χ0) is 18.5. The van der Waals surface area contributed by atoms with Crippen molar-refractivity contribution in [1.82, 2.24) is 9.88 Å². The van der Waals surface area contributed by atoms with Gasteiger partial charge in [-0.15, -0.1) is 11.3 Å². The molecular formula is C17H15N3O3S3. The summed E-state index contributed by atoms with van der Waals surface area (Å²) in [6.07, 6.45) is 3.56. The highest BCUT2D eigenvalue weighted by Crippen LogP contribution is 2.32. The molecular weight excluding hydrogens is 390 g/mol. The average Bonchev–Trinajstić information content (AvgIpc) is 3.23. The summed E-state index contributed by atoms with van der Waals surface area (Å²) >= 11 is 7.87. The average molecular weight is 406 g/mol. The minimum absolute atomic E-state index is 0.155. The number of thioether (sulfide) groups is 1. The quantitative estimate of drug-likeness (QED) is 0.587. The second-order valence-electron chi connectivity index (χ2n) is 5.24. The van der Waals surface area contributed by atoms with Crippen molar-refractivity contribution in [2.75, 3.05) is 19.0 Å². The van der Waals surface area contributed by atoms with Gasteiger partial charge in [-0.25, -0.2) is 4.98 Å². The summed E-state index contributed by atoms with van der Waals surface area (Å²) in [6, 6.07) is 7.39. The summed E-state index contributed by atoms with van der Waals surface area (Å²) in [7, 11) is 1.60. The minimum Gasteiger partial charge on any atom is -0.497 e. The van der Waals surface area contributed by atoms with Crippen LogP contribution in [0.15, 0.2) is 40.7 Å². The third kappa shape index (κ3) is 4.48. The van der Waals surface area contributed by atoms with Crippen LogP contribution < -0.4 is 10.1 Å². The molecule has 1 N–H and O–H groups in total. The molecule has 2 aromatic rings. The van der Waals surface area contributed by atoms with Crippen LogP contribution in [0.5, 0.6) is 5.75 Å². The van der Waals surface area contributed by atoms with Crippen molar-refractivity contribution in [2.45, 2.75) is 6.42 Å². The lowest BCUT2D eigenvalue weighted by molar-refractivity contribution is -0.122. The SMILES string of the molecule is COc1ccc(/C=C2\SC(=S)N(CCC(=O)Nc3nccs3)C2=O)cc1. The van der Waals surface area contributed by atoms with Crippen molar-refractivity contribution in [3.63, 3.8) is 0 Å². The zero-order valence-corrected chi connectivity index (χ0v) is 16.2. The molecule has 1 saturated heterocycles. The molecule has 2 heterocycles. The Morgan fingerprint density at radius 3 is 2.81 bits per heavy atom. The molecule has 9 heteroatoms. The van der Waals surface area contributed by atoms with Gasteiger partial charge in [0.15, 0.2) is 5.13 Å². The second-order valence-corrected chi connectivity index (χ2v) is 7.81. The van der Waals surface area contributed by atoms with Crippen molar-refractivity contribution in [3.05, 3.63) is 46.3 Å². The van der Waals surface area contributed by atoms with Crippen molar-refractivity contribution in [2.24, 2.45) is 0 Å². The predicted molar refractivity (Wildman–Crippen MR) is 108 cm³/mol. The summed E-state index contributed by atoms with van der Waals surface area (Å²) in [5, 5.41) is 5.01. The number of nitrogens with zero attached hydrogens (tertiary/aromatic N) is 2. The van der Waals surface area contributed by atoms with Gasteiger partial charge in [-0.2, -0.15) is 0 Å². The summed E-state index contributed by atoms with van der Waals surface area (Å²) < 4.78 is 5.58. The largest absolute Gasteiger partial charge is 0.497 e. The molecule has 0 saturated carbocycles. The second kappa shape index (κ2) is 8.43. The van der Waals surface area contributed by atoms with E-state index in [1.54, 1.807) is 24.8 Å². The number of nitrogens with one attached hydrogen (secondary N) is 1. The first kappa shape index (κ1) is 18.6. The Kier molecular flexibility index (Phi) is 6.02. The number of hydrogen-bond acceptors (Lipinski definition) is 7. The number of rotatable bonds is 6. The molecule has 0 aliphatic carbocycles. The number of aromatic nitrogens is 1. The van der Waals surface area contributed by atoms with Crippen LogP contribution in [0.2, 0.25) is 0 Å². The van der Waals surface area contributed by atoms with E-state index in [-0.39, 0.29) is 24.8 Å². The molecule has 1 fully saturated rings. The Hall–Kier alpha value is -2.23. The van der Waals surface area contributed by atoms with Crippen molar-refractivity contribution >= 4 is 62.7 Å². The number of thiocarbonyl (C=S) groups is 1. The van der Waals surface area contributed by atoms with E-state index in [1.165, 1.54) is 28.0 Å². The molecule has 1 aromatic heterocycles. The molecule has 1 aliphatic heterocycles. The van der Waals surface area contributed by atoms with Gasteiger partial charge >= 0.3 is 0 Å². The number of hydrogen-bond donors (Lipinski definition) is 1. The Morgan fingerprint density at radius 1 is 1.38 bits per heavy atom. The highest BCUT2D eigenvalue weighted by atomic mass is 32.2. The van der Waals surface area contributed by atoms with E-state index in [0.717, 1.165) is 11.3 Å². The molecule has 1 aromatic carbocycles. The van der Waals surface area contributed by atoms with Crippen LogP contribution in [0, 0.1) is 0 Å². The maximum absolute atomic E-state index is 12.6. The zero-order valence-electron chi connectivity index (χ0n) is 13.8. The van der Waals surface area contributed by atoms with Crippen LogP contribution >= 0.6 is 35.3 Å². The lowest BCUT2D eigenvalue weighted by atomic mass is 10.2. The maximum atomic E-state index is 12.6. The third-order valence-electron chi connectivity index (χ3n) is 3.53. The Balaban J connectivity index is 1.60. The topological polar surface area (TPSA) is 71.5 Å². The first-order valence-corrected chi connectivity index (χ1v) is 9.76. The lowest BCUT2D eigenvalue weighted by Crippen LogP contribution is -2.31. The normalized spacial score (nSPS) is 15.6. The first-order chi connectivity index (χ1) is 12.6. The number of methoxy groups -OCH3 is 1. The standard InChI is InChI=1S/C17H15N3O3S3/c1-23-12-4-2-11(3-5-12)10-13-15(22)20(17(24)26-13)8-6-14(21)19-16-18-7-9-25-16/h2-5,7,9-10H,6,8H2,1H3,(H,18,19,21)/b13-10-. The number of thiazole rings is 1. The fourth-order valence-corrected chi connectivity index (χ4v) is 4.08. The number of carbonyl (C=O) groups is 2. The fraction of sp³-hybridized carbons (Fsp3) is 0.176. The van der Waals surface area contributed by atoms with Crippen molar-refractivity contribution < 1.29 is 14.3 Å². The molecule has 0 bridgehead atoms. The van der Waals surface area contributed by atoms with Gasteiger partial charge in [-0.3, -0.25) is 14.5 Å². The number of benzene rings is 1. The number of carbonyl (C=O) groups excluding carboxylic acids is 2.